The Morgan fingerprint density at radius 1 is 0.944 bits per heavy atom. The van der Waals surface area contributed by atoms with Crippen LogP contribution in [0.25, 0.3) is 0 Å². The molecule has 3 atom stereocenters. The van der Waals surface area contributed by atoms with E-state index in [2.05, 4.69) is 31.1 Å². The van der Waals surface area contributed by atoms with Gasteiger partial charge in [-0.2, -0.15) is 0 Å². The molecule has 0 bridgehead atoms. The largest absolute Gasteiger partial charge is 0.317 e. The second-order valence-electron chi connectivity index (χ2n) is 6.76. The van der Waals surface area contributed by atoms with Crippen molar-refractivity contribution in [2.75, 3.05) is 20.1 Å². The van der Waals surface area contributed by atoms with E-state index in [9.17, 15) is 0 Å². The van der Waals surface area contributed by atoms with Crippen molar-refractivity contribution in [3.8, 4) is 0 Å². The molecule has 1 aliphatic carbocycles. The quantitative estimate of drug-likeness (QED) is 0.829. The first-order chi connectivity index (χ1) is 8.70. The van der Waals surface area contributed by atoms with E-state index in [1.165, 1.54) is 58.0 Å². The fourth-order valence-corrected chi connectivity index (χ4v) is 4.10. The zero-order chi connectivity index (χ0) is 13.0. The minimum absolute atomic E-state index is 0.823. The van der Waals surface area contributed by atoms with Gasteiger partial charge in [-0.1, -0.05) is 26.7 Å². The smallest absolute Gasteiger partial charge is 0.0126 e. The molecule has 2 heteroatoms. The van der Waals surface area contributed by atoms with Gasteiger partial charge in [0.1, 0.15) is 0 Å². The summed E-state index contributed by atoms with van der Waals surface area (Å²) >= 11 is 0. The molecule has 1 aliphatic heterocycles. The standard InChI is InChI=1S/C16H32N2/c1-13(2)15-8-4-5-9-16(15)18(3)14-7-6-11-17-12-10-14/h13-17H,4-12H2,1-3H3. The molecule has 106 valence electrons. The van der Waals surface area contributed by atoms with Crippen molar-refractivity contribution in [2.45, 2.75) is 70.9 Å². The lowest BCUT2D eigenvalue weighted by molar-refractivity contribution is 0.0617. The van der Waals surface area contributed by atoms with Gasteiger partial charge in [-0.25, -0.2) is 0 Å². The molecule has 1 heterocycles. The van der Waals surface area contributed by atoms with Gasteiger partial charge in [-0.3, -0.25) is 0 Å². The average Bonchev–Trinajstić information content (AvgIpc) is 2.66. The fourth-order valence-electron chi connectivity index (χ4n) is 4.10. The normalized spacial score (nSPS) is 34.8. The van der Waals surface area contributed by atoms with E-state index in [1.807, 2.05) is 0 Å². The second-order valence-corrected chi connectivity index (χ2v) is 6.76. The van der Waals surface area contributed by atoms with E-state index in [1.54, 1.807) is 0 Å². The highest BCUT2D eigenvalue weighted by atomic mass is 15.2. The van der Waals surface area contributed by atoms with Crippen LogP contribution in [0, 0.1) is 11.8 Å². The molecule has 1 saturated heterocycles. The predicted octanol–water partition coefficient (Wildman–Crippen LogP) is 3.28. The first kappa shape index (κ1) is 14.3. The van der Waals surface area contributed by atoms with Crippen molar-refractivity contribution in [1.82, 2.24) is 10.2 Å². The van der Waals surface area contributed by atoms with Crippen molar-refractivity contribution in [1.29, 1.82) is 0 Å². The summed E-state index contributed by atoms with van der Waals surface area (Å²) in [6, 6.07) is 1.67. The molecule has 0 aromatic rings. The van der Waals surface area contributed by atoms with Crippen LogP contribution in [-0.2, 0) is 0 Å². The van der Waals surface area contributed by atoms with E-state index >= 15 is 0 Å². The Morgan fingerprint density at radius 2 is 1.72 bits per heavy atom. The Balaban J connectivity index is 1.97. The van der Waals surface area contributed by atoms with Gasteiger partial charge in [0, 0.05) is 12.1 Å². The van der Waals surface area contributed by atoms with Crippen LogP contribution in [0.15, 0.2) is 0 Å². The van der Waals surface area contributed by atoms with Gasteiger partial charge in [-0.05, 0) is 64.1 Å². The predicted molar refractivity (Wildman–Crippen MR) is 78.9 cm³/mol. The maximum Gasteiger partial charge on any atom is 0.0126 e. The van der Waals surface area contributed by atoms with Crippen LogP contribution in [-0.4, -0.2) is 37.1 Å². The third-order valence-corrected chi connectivity index (χ3v) is 5.28. The van der Waals surface area contributed by atoms with Crippen LogP contribution in [0.3, 0.4) is 0 Å². The van der Waals surface area contributed by atoms with Crippen LogP contribution >= 0.6 is 0 Å². The van der Waals surface area contributed by atoms with Gasteiger partial charge < -0.3 is 10.2 Å². The molecule has 2 fully saturated rings. The summed E-state index contributed by atoms with van der Waals surface area (Å²) in [5, 5.41) is 3.54. The van der Waals surface area contributed by atoms with Crippen molar-refractivity contribution < 1.29 is 0 Å². The van der Waals surface area contributed by atoms with Crippen LogP contribution in [0.1, 0.15) is 58.8 Å². The highest BCUT2D eigenvalue weighted by Gasteiger charge is 2.33. The van der Waals surface area contributed by atoms with Gasteiger partial charge in [0.05, 0.1) is 0 Å². The molecule has 2 aliphatic rings. The summed E-state index contributed by atoms with van der Waals surface area (Å²) in [5.41, 5.74) is 0. The monoisotopic (exact) mass is 252 g/mol. The number of rotatable bonds is 3. The van der Waals surface area contributed by atoms with Crippen molar-refractivity contribution >= 4 is 0 Å². The zero-order valence-electron chi connectivity index (χ0n) is 12.6. The second kappa shape index (κ2) is 6.91. The summed E-state index contributed by atoms with van der Waals surface area (Å²) in [4.78, 5) is 2.76. The van der Waals surface area contributed by atoms with Crippen molar-refractivity contribution in [3.63, 3.8) is 0 Å². The highest BCUT2D eigenvalue weighted by molar-refractivity contribution is 4.87. The van der Waals surface area contributed by atoms with Gasteiger partial charge in [0.25, 0.3) is 0 Å². The van der Waals surface area contributed by atoms with Gasteiger partial charge in [0.2, 0.25) is 0 Å². The fraction of sp³-hybridized carbons (Fsp3) is 1.00. The van der Waals surface area contributed by atoms with Gasteiger partial charge >= 0.3 is 0 Å². The van der Waals surface area contributed by atoms with Crippen LogP contribution in [0.2, 0.25) is 0 Å². The molecule has 2 rings (SSSR count). The van der Waals surface area contributed by atoms with Crippen LogP contribution in [0.4, 0.5) is 0 Å². The first-order valence-electron chi connectivity index (χ1n) is 8.13. The average molecular weight is 252 g/mol. The number of nitrogens with zero attached hydrogens (tertiary/aromatic N) is 1. The van der Waals surface area contributed by atoms with E-state index < -0.39 is 0 Å². The minimum Gasteiger partial charge on any atom is -0.317 e. The Kier molecular flexibility index (Phi) is 5.50. The zero-order valence-corrected chi connectivity index (χ0v) is 12.6. The molecule has 0 radical (unpaired) electrons. The third kappa shape index (κ3) is 3.48. The maximum absolute atomic E-state index is 3.54. The number of hydrogen-bond donors (Lipinski definition) is 1. The van der Waals surface area contributed by atoms with Crippen molar-refractivity contribution in [3.05, 3.63) is 0 Å². The lowest BCUT2D eigenvalue weighted by Gasteiger charge is -2.43. The summed E-state index contributed by atoms with van der Waals surface area (Å²) in [6.07, 6.45) is 9.89. The molecular formula is C16H32N2. The molecule has 0 aromatic carbocycles. The molecule has 0 amide bonds. The Hall–Kier alpha value is -0.0800. The number of hydrogen-bond acceptors (Lipinski definition) is 2. The highest BCUT2D eigenvalue weighted by Crippen LogP contribution is 2.34. The lowest BCUT2D eigenvalue weighted by atomic mass is 9.76. The molecule has 3 unspecified atom stereocenters. The maximum atomic E-state index is 3.54. The summed E-state index contributed by atoms with van der Waals surface area (Å²) in [6.45, 7) is 7.29. The molecule has 18 heavy (non-hydrogen) atoms. The summed E-state index contributed by atoms with van der Waals surface area (Å²) < 4.78 is 0. The third-order valence-electron chi connectivity index (χ3n) is 5.28. The lowest BCUT2D eigenvalue weighted by Crippen LogP contribution is -2.47. The van der Waals surface area contributed by atoms with Gasteiger partial charge in [0.15, 0.2) is 0 Å². The Morgan fingerprint density at radius 3 is 2.50 bits per heavy atom. The minimum atomic E-state index is 0.823. The van der Waals surface area contributed by atoms with E-state index in [4.69, 9.17) is 0 Å². The molecular weight excluding hydrogens is 220 g/mol. The molecule has 0 spiro atoms. The first-order valence-corrected chi connectivity index (χ1v) is 8.13. The summed E-state index contributed by atoms with van der Waals surface area (Å²) in [7, 11) is 2.40. The van der Waals surface area contributed by atoms with E-state index in [-0.39, 0.29) is 0 Å². The van der Waals surface area contributed by atoms with Gasteiger partial charge in [-0.15, -0.1) is 0 Å². The topological polar surface area (TPSA) is 15.3 Å². The molecule has 0 aromatic heterocycles. The van der Waals surface area contributed by atoms with Crippen LogP contribution < -0.4 is 5.32 Å². The Labute approximate surface area is 114 Å². The molecule has 1 saturated carbocycles. The molecule has 2 nitrogen and oxygen atoms in total. The van der Waals surface area contributed by atoms with Crippen LogP contribution in [0.5, 0.6) is 0 Å². The van der Waals surface area contributed by atoms with E-state index in [0.717, 1.165) is 23.9 Å². The SMILES string of the molecule is CC(C)C1CCCCC1N(C)C1CCCNCC1. The van der Waals surface area contributed by atoms with Crippen molar-refractivity contribution in [2.24, 2.45) is 11.8 Å². The summed E-state index contributed by atoms with van der Waals surface area (Å²) in [5.74, 6) is 1.78. The van der Waals surface area contributed by atoms with E-state index in [0.29, 0.717) is 0 Å². The number of nitrogens with one attached hydrogen (secondary N) is 1. The Bertz CT molecular complexity index is 231. The molecule has 1 N–H and O–H groups in total.